The van der Waals surface area contributed by atoms with Gasteiger partial charge in [0.25, 0.3) is 0 Å². The van der Waals surface area contributed by atoms with Crippen LogP contribution in [0.1, 0.15) is 34.6 Å². The van der Waals surface area contributed by atoms with Gasteiger partial charge in [-0.2, -0.15) is 0 Å². The Morgan fingerprint density at radius 3 is 2.55 bits per heavy atom. The van der Waals surface area contributed by atoms with E-state index >= 15 is 0 Å². The SMILES string of the molecule is C=C[C@H](O)[C@H](NC(=O)OC(C)(C)C)[C@H]1COC(C)(C)O1. The number of alkyl carbamates (subject to hydrolysis) is 1. The average Bonchev–Trinajstić information content (AvgIpc) is 2.63. The van der Waals surface area contributed by atoms with Crippen molar-refractivity contribution in [2.45, 2.75) is 64.3 Å². The molecule has 0 aliphatic carbocycles. The van der Waals surface area contributed by atoms with E-state index in [0.29, 0.717) is 0 Å². The molecule has 0 aromatic heterocycles. The van der Waals surface area contributed by atoms with Gasteiger partial charge >= 0.3 is 6.09 Å². The normalized spacial score (nSPS) is 24.8. The van der Waals surface area contributed by atoms with Crippen molar-refractivity contribution in [1.82, 2.24) is 5.32 Å². The van der Waals surface area contributed by atoms with E-state index in [1.807, 2.05) is 0 Å². The summed E-state index contributed by atoms with van der Waals surface area (Å²) in [6, 6.07) is -0.677. The van der Waals surface area contributed by atoms with E-state index < -0.39 is 35.7 Å². The standard InChI is InChI=1S/C14H25NO5/c1-7-9(16)11(10-8-18-14(5,6)19-10)15-12(17)20-13(2,3)4/h7,9-11,16H,1,8H2,2-6H3,(H,15,17)/t9-,10+,11-/m0/s1. The molecule has 0 radical (unpaired) electrons. The number of hydrogen-bond donors (Lipinski definition) is 2. The van der Waals surface area contributed by atoms with Gasteiger partial charge in [-0.05, 0) is 34.6 Å². The van der Waals surface area contributed by atoms with E-state index in [9.17, 15) is 9.90 Å². The highest BCUT2D eigenvalue weighted by Gasteiger charge is 2.40. The van der Waals surface area contributed by atoms with Gasteiger partial charge in [0.1, 0.15) is 11.7 Å². The summed E-state index contributed by atoms with van der Waals surface area (Å²) in [6.07, 6.45) is -0.691. The van der Waals surface area contributed by atoms with Gasteiger partial charge in [-0.3, -0.25) is 0 Å². The monoisotopic (exact) mass is 287 g/mol. The van der Waals surface area contributed by atoms with Gasteiger partial charge in [0.15, 0.2) is 5.79 Å². The largest absolute Gasteiger partial charge is 0.444 e. The third kappa shape index (κ3) is 5.11. The van der Waals surface area contributed by atoms with Crippen molar-refractivity contribution in [3.63, 3.8) is 0 Å². The first-order chi connectivity index (χ1) is 9.04. The third-order valence-electron chi connectivity index (χ3n) is 2.72. The van der Waals surface area contributed by atoms with Crippen LogP contribution in [0.3, 0.4) is 0 Å². The molecule has 1 fully saturated rings. The molecule has 0 bridgehead atoms. The molecule has 1 aliphatic heterocycles. The molecule has 116 valence electrons. The Kier molecular flexibility index (Phi) is 5.18. The smallest absolute Gasteiger partial charge is 0.408 e. The predicted molar refractivity (Wildman–Crippen MR) is 74.3 cm³/mol. The molecule has 0 spiro atoms. The zero-order valence-corrected chi connectivity index (χ0v) is 12.8. The molecule has 6 nitrogen and oxygen atoms in total. The second kappa shape index (κ2) is 6.11. The Bertz CT molecular complexity index is 361. The van der Waals surface area contributed by atoms with Crippen LogP contribution >= 0.6 is 0 Å². The number of nitrogens with one attached hydrogen (secondary N) is 1. The minimum atomic E-state index is -0.954. The van der Waals surface area contributed by atoms with Crippen molar-refractivity contribution >= 4 is 6.09 Å². The number of carbonyl (C=O) groups is 1. The van der Waals surface area contributed by atoms with E-state index in [4.69, 9.17) is 14.2 Å². The molecule has 20 heavy (non-hydrogen) atoms. The second-order valence-corrected chi connectivity index (χ2v) is 6.27. The molecule has 1 aliphatic rings. The van der Waals surface area contributed by atoms with Crippen LogP contribution in [0.15, 0.2) is 12.7 Å². The summed E-state index contributed by atoms with van der Waals surface area (Å²) < 4.78 is 16.3. The lowest BCUT2D eigenvalue weighted by Crippen LogP contribution is -2.52. The molecule has 6 heteroatoms. The molecular formula is C14H25NO5. The van der Waals surface area contributed by atoms with Crippen molar-refractivity contribution in [3.05, 3.63) is 12.7 Å². The summed E-state index contributed by atoms with van der Waals surface area (Å²) in [6.45, 7) is 12.7. The van der Waals surface area contributed by atoms with Gasteiger partial charge in [-0.25, -0.2) is 4.79 Å². The molecule has 0 aromatic rings. The maximum absolute atomic E-state index is 11.8. The minimum absolute atomic E-state index is 0.276. The highest BCUT2D eigenvalue weighted by Crippen LogP contribution is 2.25. The number of hydrogen-bond acceptors (Lipinski definition) is 5. The van der Waals surface area contributed by atoms with E-state index in [-0.39, 0.29) is 6.61 Å². The van der Waals surface area contributed by atoms with Crippen LogP contribution < -0.4 is 5.32 Å². The van der Waals surface area contributed by atoms with Crippen LogP contribution in [-0.2, 0) is 14.2 Å². The number of aliphatic hydroxyl groups excluding tert-OH is 1. The highest BCUT2D eigenvalue weighted by atomic mass is 16.7. The van der Waals surface area contributed by atoms with Crippen molar-refractivity contribution in [1.29, 1.82) is 0 Å². The maximum atomic E-state index is 11.8. The van der Waals surface area contributed by atoms with Crippen LogP contribution in [0.2, 0.25) is 0 Å². The Morgan fingerprint density at radius 2 is 2.15 bits per heavy atom. The average molecular weight is 287 g/mol. The fraction of sp³-hybridized carbons (Fsp3) is 0.786. The van der Waals surface area contributed by atoms with Gasteiger partial charge in [0.2, 0.25) is 0 Å². The van der Waals surface area contributed by atoms with Crippen LogP contribution in [0.4, 0.5) is 4.79 Å². The summed E-state index contributed by atoms with van der Waals surface area (Å²) in [5.74, 6) is -0.737. The van der Waals surface area contributed by atoms with Crippen molar-refractivity contribution < 1.29 is 24.1 Å². The number of amides is 1. The van der Waals surface area contributed by atoms with Crippen molar-refractivity contribution in [2.24, 2.45) is 0 Å². The van der Waals surface area contributed by atoms with E-state index in [1.54, 1.807) is 34.6 Å². The van der Waals surface area contributed by atoms with Crippen LogP contribution in [0, 0.1) is 0 Å². The Hall–Kier alpha value is -1.11. The van der Waals surface area contributed by atoms with Crippen LogP contribution in [0.25, 0.3) is 0 Å². The van der Waals surface area contributed by atoms with Gasteiger partial charge in [-0.15, -0.1) is 6.58 Å². The molecule has 0 unspecified atom stereocenters. The lowest BCUT2D eigenvalue weighted by Gasteiger charge is -2.29. The zero-order valence-electron chi connectivity index (χ0n) is 12.8. The van der Waals surface area contributed by atoms with Gasteiger partial charge in [-0.1, -0.05) is 6.08 Å². The third-order valence-corrected chi connectivity index (χ3v) is 2.72. The van der Waals surface area contributed by atoms with E-state index in [0.717, 1.165) is 0 Å². The summed E-state index contributed by atoms with van der Waals surface area (Å²) in [7, 11) is 0. The molecule has 3 atom stereocenters. The molecule has 1 saturated heterocycles. The molecule has 2 N–H and O–H groups in total. The summed E-state index contributed by atoms with van der Waals surface area (Å²) in [4.78, 5) is 11.8. The van der Waals surface area contributed by atoms with Crippen LogP contribution in [0.5, 0.6) is 0 Å². The summed E-state index contributed by atoms with van der Waals surface area (Å²) in [5, 5.41) is 12.6. The van der Waals surface area contributed by atoms with Gasteiger partial charge in [0.05, 0.1) is 18.8 Å². The fourth-order valence-corrected chi connectivity index (χ4v) is 1.88. The first-order valence-electron chi connectivity index (χ1n) is 6.66. The predicted octanol–water partition coefficient (Wildman–Crippen LogP) is 1.58. The second-order valence-electron chi connectivity index (χ2n) is 6.27. The highest BCUT2D eigenvalue weighted by molar-refractivity contribution is 5.68. The van der Waals surface area contributed by atoms with E-state index in [1.165, 1.54) is 6.08 Å². The summed E-state index contributed by atoms with van der Waals surface area (Å²) >= 11 is 0. The molecule has 1 rings (SSSR count). The Balaban J connectivity index is 2.71. The lowest BCUT2D eigenvalue weighted by atomic mass is 10.1. The number of rotatable bonds is 4. The number of aliphatic hydroxyl groups is 1. The Labute approximate surface area is 120 Å². The van der Waals surface area contributed by atoms with Crippen molar-refractivity contribution in [2.75, 3.05) is 6.61 Å². The Morgan fingerprint density at radius 1 is 1.55 bits per heavy atom. The van der Waals surface area contributed by atoms with Gasteiger partial charge < -0.3 is 24.6 Å². The quantitative estimate of drug-likeness (QED) is 0.768. The van der Waals surface area contributed by atoms with Gasteiger partial charge in [0, 0.05) is 0 Å². The number of carbonyl (C=O) groups excluding carboxylic acids is 1. The molecule has 0 aromatic carbocycles. The summed E-state index contributed by atoms with van der Waals surface area (Å²) in [5.41, 5.74) is -0.611. The molecule has 0 saturated carbocycles. The maximum Gasteiger partial charge on any atom is 0.408 e. The van der Waals surface area contributed by atoms with E-state index in [2.05, 4.69) is 11.9 Å². The molecule has 1 heterocycles. The topological polar surface area (TPSA) is 77.0 Å². The zero-order chi connectivity index (χ0) is 15.6. The lowest BCUT2D eigenvalue weighted by molar-refractivity contribution is -0.144. The first kappa shape index (κ1) is 16.9. The molecular weight excluding hydrogens is 262 g/mol. The minimum Gasteiger partial charge on any atom is -0.444 e. The first-order valence-corrected chi connectivity index (χ1v) is 6.66. The van der Waals surface area contributed by atoms with Crippen LogP contribution in [-0.4, -0.2) is 47.4 Å². The molecule has 1 amide bonds. The fourth-order valence-electron chi connectivity index (χ4n) is 1.88. The van der Waals surface area contributed by atoms with Crippen molar-refractivity contribution in [3.8, 4) is 0 Å². The number of ether oxygens (including phenoxy) is 3.